The van der Waals surface area contributed by atoms with Crippen molar-refractivity contribution in [2.45, 2.75) is 39.2 Å². The number of hydrogen-bond acceptors (Lipinski definition) is 2. The van der Waals surface area contributed by atoms with Gasteiger partial charge in [-0.25, -0.2) is 0 Å². The highest BCUT2D eigenvalue weighted by Gasteiger charge is 2.16. The summed E-state index contributed by atoms with van der Waals surface area (Å²) in [5.41, 5.74) is 3.88. The molecule has 4 heteroatoms. The lowest BCUT2D eigenvalue weighted by molar-refractivity contribution is -0.137. The Morgan fingerprint density at radius 3 is 2.38 bits per heavy atom. The lowest BCUT2D eigenvalue weighted by atomic mass is 10.0. The summed E-state index contributed by atoms with van der Waals surface area (Å²) in [5, 5.41) is 11.9. The average molecular weight is 325 g/mol. The third kappa shape index (κ3) is 5.23. The predicted molar refractivity (Wildman–Crippen MR) is 94.2 cm³/mol. The van der Waals surface area contributed by atoms with Gasteiger partial charge >= 0.3 is 5.97 Å². The van der Waals surface area contributed by atoms with E-state index < -0.39 is 5.97 Å². The van der Waals surface area contributed by atoms with Crippen molar-refractivity contribution < 1.29 is 14.7 Å². The second-order valence-electron chi connectivity index (χ2n) is 6.09. The van der Waals surface area contributed by atoms with Crippen molar-refractivity contribution in [3.63, 3.8) is 0 Å². The molecule has 1 unspecified atom stereocenters. The van der Waals surface area contributed by atoms with Crippen molar-refractivity contribution in [2.75, 3.05) is 0 Å². The minimum atomic E-state index is -0.853. The Labute approximate surface area is 142 Å². The van der Waals surface area contributed by atoms with Crippen LogP contribution < -0.4 is 5.32 Å². The van der Waals surface area contributed by atoms with E-state index in [1.54, 1.807) is 6.07 Å². The van der Waals surface area contributed by atoms with Gasteiger partial charge in [-0.2, -0.15) is 0 Å². The molecular weight excluding hydrogens is 302 g/mol. The largest absolute Gasteiger partial charge is 0.481 e. The van der Waals surface area contributed by atoms with Crippen molar-refractivity contribution in [3.8, 4) is 0 Å². The molecule has 2 rings (SSSR count). The summed E-state index contributed by atoms with van der Waals surface area (Å²) in [7, 11) is 0. The van der Waals surface area contributed by atoms with Gasteiger partial charge in [0.25, 0.3) is 5.91 Å². The zero-order chi connectivity index (χ0) is 17.5. The summed E-state index contributed by atoms with van der Waals surface area (Å²) in [4.78, 5) is 23.4. The highest BCUT2D eigenvalue weighted by Crippen LogP contribution is 2.12. The van der Waals surface area contributed by atoms with Gasteiger partial charge in [0.05, 0.1) is 0 Å². The van der Waals surface area contributed by atoms with E-state index in [0.717, 1.165) is 16.7 Å². The van der Waals surface area contributed by atoms with E-state index in [9.17, 15) is 9.59 Å². The summed E-state index contributed by atoms with van der Waals surface area (Å²) in [5.74, 6) is -1.02. The lowest BCUT2D eigenvalue weighted by Crippen LogP contribution is -2.37. The normalized spacial score (nSPS) is 11.8. The van der Waals surface area contributed by atoms with Crippen LogP contribution in [0.5, 0.6) is 0 Å². The lowest BCUT2D eigenvalue weighted by Gasteiger charge is -2.18. The number of nitrogens with one attached hydrogen (secondary N) is 1. The molecule has 4 nitrogen and oxygen atoms in total. The fraction of sp³-hybridized carbons (Fsp3) is 0.300. The first kappa shape index (κ1) is 17.7. The molecule has 0 spiro atoms. The van der Waals surface area contributed by atoms with Crippen LogP contribution in [-0.2, 0) is 11.2 Å². The average Bonchev–Trinajstić information content (AvgIpc) is 2.56. The molecule has 0 aliphatic heterocycles. The molecule has 2 aromatic rings. The molecule has 0 aliphatic rings. The zero-order valence-electron chi connectivity index (χ0n) is 14.1. The van der Waals surface area contributed by atoms with Gasteiger partial charge in [0, 0.05) is 18.0 Å². The summed E-state index contributed by atoms with van der Waals surface area (Å²) < 4.78 is 0. The molecule has 126 valence electrons. The van der Waals surface area contributed by atoms with Gasteiger partial charge in [-0.15, -0.1) is 0 Å². The maximum atomic E-state index is 12.5. The summed E-state index contributed by atoms with van der Waals surface area (Å²) >= 11 is 0. The van der Waals surface area contributed by atoms with Crippen LogP contribution >= 0.6 is 0 Å². The number of carbonyl (C=O) groups is 2. The number of amides is 1. The smallest absolute Gasteiger partial charge is 0.303 e. The number of rotatable bonds is 7. The van der Waals surface area contributed by atoms with Crippen molar-refractivity contribution in [2.24, 2.45) is 0 Å². The SMILES string of the molecule is Cc1ccc(C(=O)NC(CCC(=O)O)Cc2ccccc2)cc1C. The van der Waals surface area contributed by atoms with Crippen molar-refractivity contribution in [3.05, 3.63) is 70.8 Å². The number of carboxylic acids is 1. The quantitative estimate of drug-likeness (QED) is 0.818. The second-order valence-corrected chi connectivity index (χ2v) is 6.09. The molecule has 0 saturated carbocycles. The van der Waals surface area contributed by atoms with Gasteiger partial charge in [-0.3, -0.25) is 9.59 Å². The molecule has 2 N–H and O–H groups in total. The van der Waals surface area contributed by atoms with E-state index in [1.807, 2.05) is 56.3 Å². The molecule has 2 aromatic carbocycles. The van der Waals surface area contributed by atoms with E-state index in [-0.39, 0.29) is 18.4 Å². The maximum absolute atomic E-state index is 12.5. The molecule has 24 heavy (non-hydrogen) atoms. The van der Waals surface area contributed by atoms with E-state index in [4.69, 9.17) is 5.11 Å². The Morgan fingerprint density at radius 1 is 1.04 bits per heavy atom. The van der Waals surface area contributed by atoms with Gasteiger partial charge in [0.1, 0.15) is 0 Å². The van der Waals surface area contributed by atoms with Gasteiger partial charge in [-0.1, -0.05) is 36.4 Å². The zero-order valence-corrected chi connectivity index (χ0v) is 14.1. The van der Waals surface area contributed by atoms with Crippen LogP contribution in [0.1, 0.15) is 39.9 Å². The van der Waals surface area contributed by atoms with Crippen LogP contribution in [0.4, 0.5) is 0 Å². The number of carboxylic acid groups (broad SMARTS) is 1. The van der Waals surface area contributed by atoms with Crippen LogP contribution in [0.15, 0.2) is 48.5 Å². The van der Waals surface area contributed by atoms with Gasteiger partial charge in [-0.05, 0) is 55.5 Å². The fourth-order valence-corrected chi connectivity index (χ4v) is 2.57. The van der Waals surface area contributed by atoms with Crippen LogP contribution in [0, 0.1) is 13.8 Å². The third-order valence-electron chi connectivity index (χ3n) is 4.14. The van der Waals surface area contributed by atoms with Crippen LogP contribution in [0.2, 0.25) is 0 Å². The Kier molecular flexibility index (Phi) is 6.13. The highest BCUT2D eigenvalue weighted by atomic mass is 16.4. The first-order valence-corrected chi connectivity index (χ1v) is 8.09. The standard InChI is InChI=1S/C20H23NO3/c1-14-8-9-17(12-15(14)2)20(24)21-18(10-11-19(22)23)13-16-6-4-3-5-7-16/h3-9,12,18H,10-11,13H2,1-2H3,(H,21,24)(H,22,23). The van der Waals surface area contributed by atoms with E-state index in [0.29, 0.717) is 18.4 Å². The molecule has 0 bridgehead atoms. The number of aliphatic carboxylic acids is 1. The molecule has 0 heterocycles. The van der Waals surface area contributed by atoms with Gasteiger partial charge in [0.2, 0.25) is 0 Å². The van der Waals surface area contributed by atoms with Crippen LogP contribution in [-0.4, -0.2) is 23.0 Å². The molecule has 0 fully saturated rings. The van der Waals surface area contributed by atoms with Crippen molar-refractivity contribution in [1.82, 2.24) is 5.32 Å². The molecule has 0 saturated heterocycles. The van der Waals surface area contributed by atoms with Crippen LogP contribution in [0.3, 0.4) is 0 Å². The topological polar surface area (TPSA) is 66.4 Å². The Balaban J connectivity index is 2.09. The molecule has 0 aromatic heterocycles. The number of carbonyl (C=O) groups excluding carboxylic acids is 1. The Bertz CT molecular complexity index is 710. The summed E-state index contributed by atoms with van der Waals surface area (Å²) in [6.45, 7) is 3.97. The molecule has 0 aliphatic carbocycles. The maximum Gasteiger partial charge on any atom is 0.303 e. The molecule has 1 atom stereocenters. The number of hydrogen-bond donors (Lipinski definition) is 2. The van der Waals surface area contributed by atoms with Crippen molar-refractivity contribution >= 4 is 11.9 Å². The Morgan fingerprint density at radius 2 is 1.75 bits per heavy atom. The predicted octanol–water partition coefficient (Wildman–Crippen LogP) is 3.51. The monoisotopic (exact) mass is 325 g/mol. The minimum absolute atomic E-state index is 0.0324. The molecule has 0 radical (unpaired) electrons. The second kappa shape index (κ2) is 8.29. The molecule has 1 amide bonds. The summed E-state index contributed by atoms with van der Waals surface area (Å²) in [6, 6.07) is 15.2. The number of aryl methyl sites for hydroxylation is 2. The third-order valence-corrected chi connectivity index (χ3v) is 4.14. The Hall–Kier alpha value is -2.62. The highest BCUT2D eigenvalue weighted by molar-refractivity contribution is 5.94. The van der Waals surface area contributed by atoms with E-state index >= 15 is 0 Å². The van der Waals surface area contributed by atoms with E-state index in [1.165, 1.54) is 0 Å². The first-order valence-electron chi connectivity index (χ1n) is 8.09. The van der Waals surface area contributed by atoms with Crippen LogP contribution in [0.25, 0.3) is 0 Å². The summed E-state index contributed by atoms with van der Waals surface area (Å²) in [6.07, 6.45) is 1.05. The number of benzene rings is 2. The van der Waals surface area contributed by atoms with E-state index in [2.05, 4.69) is 5.32 Å². The van der Waals surface area contributed by atoms with Crippen molar-refractivity contribution in [1.29, 1.82) is 0 Å². The van der Waals surface area contributed by atoms with Gasteiger partial charge < -0.3 is 10.4 Å². The molecular formula is C20H23NO3. The fourth-order valence-electron chi connectivity index (χ4n) is 2.57. The first-order chi connectivity index (χ1) is 11.5. The minimum Gasteiger partial charge on any atom is -0.481 e. The van der Waals surface area contributed by atoms with Gasteiger partial charge in [0.15, 0.2) is 0 Å².